The molecule has 3 heteroatoms. The lowest BCUT2D eigenvalue weighted by molar-refractivity contribution is -0.138. The van der Waals surface area contributed by atoms with Crippen LogP contribution in [0.2, 0.25) is 0 Å². The molecular formula is C10H20N2O. The highest BCUT2D eigenvalue weighted by Gasteiger charge is 2.33. The molecule has 1 aliphatic rings. The van der Waals surface area contributed by atoms with Gasteiger partial charge in [0.2, 0.25) is 5.91 Å². The third-order valence-corrected chi connectivity index (χ3v) is 2.37. The predicted octanol–water partition coefficient (Wildman–Crippen LogP) is 0.662. The summed E-state index contributed by atoms with van der Waals surface area (Å²) >= 11 is 0. The van der Waals surface area contributed by atoms with Crippen molar-refractivity contribution in [3.05, 3.63) is 0 Å². The van der Waals surface area contributed by atoms with Gasteiger partial charge in [-0.05, 0) is 5.92 Å². The smallest absolute Gasteiger partial charge is 0.227 e. The van der Waals surface area contributed by atoms with Crippen LogP contribution in [0.3, 0.4) is 0 Å². The molecule has 0 bridgehead atoms. The van der Waals surface area contributed by atoms with Crippen LogP contribution in [0.4, 0.5) is 0 Å². The molecule has 76 valence electrons. The second-order valence-electron chi connectivity index (χ2n) is 4.54. The van der Waals surface area contributed by atoms with Crippen LogP contribution in [-0.2, 0) is 4.79 Å². The zero-order valence-electron chi connectivity index (χ0n) is 9.08. The van der Waals surface area contributed by atoms with Crippen molar-refractivity contribution in [2.75, 3.05) is 33.7 Å². The maximum absolute atomic E-state index is 11.5. The molecule has 0 radical (unpaired) electrons. The molecule has 0 aliphatic carbocycles. The SMILES string of the molecule is CC(C)CN1CC(C(=O)N(C)C)C1. The number of rotatable bonds is 3. The van der Waals surface area contributed by atoms with Gasteiger partial charge >= 0.3 is 0 Å². The molecule has 0 aromatic carbocycles. The monoisotopic (exact) mass is 184 g/mol. The summed E-state index contributed by atoms with van der Waals surface area (Å²) in [5.74, 6) is 1.24. The Morgan fingerprint density at radius 3 is 2.38 bits per heavy atom. The first kappa shape index (κ1) is 10.5. The van der Waals surface area contributed by atoms with Crippen LogP contribution < -0.4 is 0 Å². The van der Waals surface area contributed by atoms with E-state index in [1.807, 2.05) is 14.1 Å². The van der Waals surface area contributed by atoms with E-state index >= 15 is 0 Å². The van der Waals surface area contributed by atoms with Gasteiger partial charge in [0, 0.05) is 33.7 Å². The topological polar surface area (TPSA) is 23.6 Å². The zero-order chi connectivity index (χ0) is 10.0. The van der Waals surface area contributed by atoms with Gasteiger partial charge in [-0.3, -0.25) is 4.79 Å². The van der Waals surface area contributed by atoms with Crippen LogP contribution in [0.5, 0.6) is 0 Å². The number of hydrogen-bond acceptors (Lipinski definition) is 2. The summed E-state index contributed by atoms with van der Waals surface area (Å²) in [6.45, 7) is 7.45. The Bertz CT molecular complexity index is 183. The summed E-state index contributed by atoms with van der Waals surface area (Å²) in [4.78, 5) is 15.5. The van der Waals surface area contributed by atoms with E-state index < -0.39 is 0 Å². The number of amides is 1. The van der Waals surface area contributed by atoms with Gasteiger partial charge in [-0.1, -0.05) is 13.8 Å². The Hall–Kier alpha value is -0.570. The predicted molar refractivity (Wildman–Crippen MR) is 53.5 cm³/mol. The minimum absolute atomic E-state index is 0.258. The lowest BCUT2D eigenvalue weighted by atomic mass is 9.97. The highest BCUT2D eigenvalue weighted by atomic mass is 16.2. The molecule has 0 aromatic rings. The van der Waals surface area contributed by atoms with Gasteiger partial charge in [-0.2, -0.15) is 0 Å². The summed E-state index contributed by atoms with van der Waals surface area (Å²) in [5.41, 5.74) is 0. The number of hydrogen-bond donors (Lipinski definition) is 0. The second-order valence-corrected chi connectivity index (χ2v) is 4.54. The fourth-order valence-electron chi connectivity index (χ4n) is 1.76. The van der Waals surface area contributed by atoms with E-state index in [0.29, 0.717) is 5.92 Å². The average molecular weight is 184 g/mol. The largest absolute Gasteiger partial charge is 0.348 e. The molecule has 0 atom stereocenters. The third-order valence-electron chi connectivity index (χ3n) is 2.37. The first-order valence-corrected chi connectivity index (χ1v) is 4.94. The summed E-state index contributed by atoms with van der Waals surface area (Å²) < 4.78 is 0. The van der Waals surface area contributed by atoms with Gasteiger partial charge in [-0.25, -0.2) is 0 Å². The quantitative estimate of drug-likeness (QED) is 0.643. The summed E-state index contributed by atoms with van der Waals surface area (Å²) in [6, 6.07) is 0. The Morgan fingerprint density at radius 1 is 1.46 bits per heavy atom. The number of likely N-dealkylation sites (tertiary alicyclic amines) is 1. The van der Waals surface area contributed by atoms with Gasteiger partial charge in [-0.15, -0.1) is 0 Å². The molecule has 1 rings (SSSR count). The summed E-state index contributed by atoms with van der Waals surface area (Å²) in [6.07, 6.45) is 0. The molecule has 1 amide bonds. The third kappa shape index (κ3) is 2.69. The van der Waals surface area contributed by atoms with E-state index in [-0.39, 0.29) is 11.8 Å². The lowest BCUT2D eigenvalue weighted by Gasteiger charge is -2.40. The van der Waals surface area contributed by atoms with Gasteiger partial charge in [0.1, 0.15) is 0 Å². The molecule has 0 aromatic heterocycles. The molecule has 13 heavy (non-hydrogen) atoms. The van der Waals surface area contributed by atoms with Gasteiger partial charge in [0.25, 0.3) is 0 Å². The molecule has 1 heterocycles. The van der Waals surface area contributed by atoms with Crippen molar-refractivity contribution < 1.29 is 4.79 Å². The van der Waals surface area contributed by atoms with Crippen LogP contribution >= 0.6 is 0 Å². The highest BCUT2D eigenvalue weighted by Crippen LogP contribution is 2.18. The molecule has 0 spiro atoms. The van der Waals surface area contributed by atoms with Crippen LogP contribution in [0.25, 0.3) is 0 Å². The molecule has 1 aliphatic heterocycles. The molecule has 0 unspecified atom stereocenters. The Balaban J connectivity index is 2.22. The molecule has 1 saturated heterocycles. The highest BCUT2D eigenvalue weighted by molar-refractivity contribution is 5.79. The Labute approximate surface area is 80.7 Å². The van der Waals surface area contributed by atoms with Crippen LogP contribution in [0, 0.1) is 11.8 Å². The van der Waals surface area contributed by atoms with Crippen molar-refractivity contribution in [2.45, 2.75) is 13.8 Å². The van der Waals surface area contributed by atoms with E-state index in [2.05, 4.69) is 18.7 Å². The number of nitrogens with zero attached hydrogens (tertiary/aromatic N) is 2. The van der Waals surface area contributed by atoms with Crippen LogP contribution in [0.15, 0.2) is 0 Å². The molecular weight excluding hydrogens is 164 g/mol. The van der Waals surface area contributed by atoms with Gasteiger partial charge in [0.05, 0.1) is 5.92 Å². The minimum atomic E-state index is 0.258. The fraction of sp³-hybridized carbons (Fsp3) is 0.900. The first-order valence-electron chi connectivity index (χ1n) is 4.94. The van der Waals surface area contributed by atoms with Crippen molar-refractivity contribution >= 4 is 5.91 Å². The molecule has 0 N–H and O–H groups in total. The Kier molecular flexibility index (Phi) is 3.31. The van der Waals surface area contributed by atoms with E-state index in [4.69, 9.17) is 0 Å². The molecule has 3 nitrogen and oxygen atoms in total. The lowest BCUT2D eigenvalue weighted by Crippen LogP contribution is -2.54. The van der Waals surface area contributed by atoms with Crippen molar-refractivity contribution in [1.29, 1.82) is 0 Å². The van der Waals surface area contributed by atoms with Crippen molar-refractivity contribution in [3.63, 3.8) is 0 Å². The van der Waals surface area contributed by atoms with E-state index in [1.54, 1.807) is 4.90 Å². The van der Waals surface area contributed by atoms with Crippen molar-refractivity contribution in [2.24, 2.45) is 11.8 Å². The summed E-state index contributed by atoms with van der Waals surface area (Å²) in [5, 5.41) is 0. The first-order chi connectivity index (χ1) is 6.00. The summed E-state index contributed by atoms with van der Waals surface area (Å²) in [7, 11) is 3.65. The Morgan fingerprint density at radius 2 is 2.00 bits per heavy atom. The van der Waals surface area contributed by atoms with Crippen LogP contribution in [-0.4, -0.2) is 49.4 Å². The maximum atomic E-state index is 11.5. The average Bonchev–Trinajstić information content (AvgIpc) is 1.94. The molecule has 0 saturated carbocycles. The van der Waals surface area contributed by atoms with E-state index in [1.165, 1.54) is 0 Å². The number of carbonyl (C=O) groups is 1. The van der Waals surface area contributed by atoms with E-state index in [9.17, 15) is 4.79 Å². The van der Waals surface area contributed by atoms with Gasteiger partial charge in [0.15, 0.2) is 0 Å². The van der Waals surface area contributed by atoms with Crippen molar-refractivity contribution in [3.8, 4) is 0 Å². The minimum Gasteiger partial charge on any atom is -0.348 e. The van der Waals surface area contributed by atoms with E-state index in [0.717, 1.165) is 19.6 Å². The maximum Gasteiger partial charge on any atom is 0.227 e. The van der Waals surface area contributed by atoms with Crippen LogP contribution in [0.1, 0.15) is 13.8 Å². The number of carbonyl (C=O) groups excluding carboxylic acids is 1. The molecule has 1 fully saturated rings. The van der Waals surface area contributed by atoms with Crippen molar-refractivity contribution in [1.82, 2.24) is 9.80 Å². The standard InChI is InChI=1S/C10H20N2O/c1-8(2)5-12-6-9(7-12)10(13)11(3)4/h8-9H,5-7H2,1-4H3. The zero-order valence-corrected chi connectivity index (χ0v) is 9.08. The second kappa shape index (κ2) is 4.09. The van der Waals surface area contributed by atoms with Gasteiger partial charge < -0.3 is 9.80 Å². The normalized spacial score (nSPS) is 18.8. The fourth-order valence-corrected chi connectivity index (χ4v) is 1.76.